The van der Waals surface area contributed by atoms with Gasteiger partial charge in [-0.1, -0.05) is 0 Å². The summed E-state index contributed by atoms with van der Waals surface area (Å²) >= 11 is 1.40. The van der Waals surface area contributed by atoms with Crippen LogP contribution < -0.4 is 15.8 Å². The van der Waals surface area contributed by atoms with E-state index in [-0.39, 0.29) is 18.8 Å². The van der Waals surface area contributed by atoms with Gasteiger partial charge in [-0.2, -0.15) is 0 Å². The van der Waals surface area contributed by atoms with Crippen molar-refractivity contribution in [2.75, 3.05) is 11.9 Å². The summed E-state index contributed by atoms with van der Waals surface area (Å²) < 4.78 is 5.18. The molecule has 2 aromatic rings. The van der Waals surface area contributed by atoms with Crippen molar-refractivity contribution in [2.45, 2.75) is 31.0 Å². The van der Waals surface area contributed by atoms with E-state index >= 15 is 0 Å². The van der Waals surface area contributed by atoms with Crippen molar-refractivity contribution in [3.63, 3.8) is 0 Å². The molecule has 0 bridgehead atoms. The molecule has 27 heavy (non-hydrogen) atoms. The van der Waals surface area contributed by atoms with E-state index in [1.165, 1.54) is 11.3 Å². The van der Waals surface area contributed by atoms with Crippen LogP contribution in [0.15, 0.2) is 35.7 Å². The molecular formula is C17H22N2O7S. The Morgan fingerprint density at radius 3 is 2.41 bits per heavy atom. The number of carbonyl (C=O) groups is 1. The van der Waals surface area contributed by atoms with E-state index in [0.29, 0.717) is 5.69 Å². The lowest BCUT2D eigenvalue weighted by molar-refractivity contribution is -0.166. The van der Waals surface area contributed by atoms with E-state index in [9.17, 15) is 25.2 Å². The summed E-state index contributed by atoms with van der Waals surface area (Å²) in [6, 6.07) is 7.65. The maximum atomic E-state index is 10.9. The number of rotatable bonds is 9. The van der Waals surface area contributed by atoms with Crippen molar-refractivity contribution < 1.29 is 35.1 Å². The number of carbonyl (C=O) groups excluding carboxylic acids is 1. The van der Waals surface area contributed by atoms with Crippen LogP contribution in [0.2, 0.25) is 0 Å². The Labute approximate surface area is 159 Å². The minimum absolute atomic E-state index is 0.146. The highest BCUT2D eigenvalue weighted by molar-refractivity contribution is 7.14. The van der Waals surface area contributed by atoms with Crippen LogP contribution in [0, 0.1) is 0 Å². The molecule has 0 saturated heterocycles. The standard InChI is InChI=1S/C17H22N2O7S/c18-17(25)19-10-7-13(27-8-10)9-1-3-11(4-2-9)26-16(24)15(23)14(22)12(21)5-6-20/h1-4,7-8,12,14-16,20-24H,5-6H2,(H3,18,19,25). The zero-order chi connectivity index (χ0) is 20.0. The van der Waals surface area contributed by atoms with Crippen molar-refractivity contribution in [1.29, 1.82) is 0 Å². The smallest absolute Gasteiger partial charge is 0.316 e. The van der Waals surface area contributed by atoms with Gasteiger partial charge in [-0.3, -0.25) is 0 Å². The molecule has 1 aromatic heterocycles. The first kappa shape index (κ1) is 21.1. The van der Waals surface area contributed by atoms with Crippen molar-refractivity contribution in [3.05, 3.63) is 35.7 Å². The molecule has 4 unspecified atom stereocenters. The predicted octanol–water partition coefficient (Wildman–Crippen LogP) is 0.0680. The molecule has 0 saturated carbocycles. The highest BCUT2D eigenvalue weighted by Gasteiger charge is 2.31. The number of aliphatic hydroxyl groups excluding tert-OH is 5. The van der Waals surface area contributed by atoms with Crippen LogP contribution in [-0.2, 0) is 0 Å². The zero-order valence-electron chi connectivity index (χ0n) is 14.2. The molecule has 2 rings (SSSR count). The van der Waals surface area contributed by atoms with Crippen molar-refractivity contribution in [2.24, 2.45) is 5.73 Å². The number of thiophene rings is 1. The molecular weight excluding hydrogens is 376 g/mol. The van der Waals surface area contributed by atoms with Crippen LogP contribution in [0.3, 0.4) is 0 Å². The fourth-order valence-electron chi connectivity index (χ4n) is 2.30. The van der Waals surface area contributed by atoms with Crippen LogP contribution in [0.4, 0.5) is 10.5 Å². The van der Waals surface area contributed by atoms with E-state index in [1.807, 2.05) is 0 Å². The number of nitrogens with one attached hydrogen (secondary N) is 1. The first-order chi connectivity index (χ1) is 12.8. The van der Waals surface area contributed by atoms with Gasteiger partial charge in [0, 0.05) is 16.9 Å². The van der Waals surface area contributed by atoms with E-state index in [1.54, 1.807) is 35.7 Å². The average molecular weight is 398 g/mol. The third kappa shape index (κ3) is 5.89. The molecule has 8 N–H and O–H groups in total. The van der Waals surface area contributed by atoms with Gasteiger partial charge in [0.05, 0.1) is 11.8 Å². The van der Waals surface area contributed by atoms with Gasteiger partial charge in [-0.25, -0.2) is 4.79 Å². The van der Waals surface area contributed by atoms with Crippen molar-refractivity contribution in [3.8, 4) is 16.2 Å². The van der Waals surface area contributed by atoms with E-state index in [2.05, 4.69) is 5.32 Å². The molecule has 0 aliphatic heterocycles. The molecule has 0 aliphatic carbocycles. The predicted molar refractivity (Wildman–Crippen MR) is 99.3 cm³/mol. The third-order valence-electron chi connectivity index (χ3n) is 3.72. The number of nitrogens with two attached hydrogens (primary N) is 1. The third-order valence-corrected chi connectivity index (χ3v) is 4.70. The van der Waals surface area contributed by atoms with Crippen molar-refractivity contribution in [1.82, 2.24) is 0 Å². The maximum Gasteiger partial charge on any atom is 0.316 e. The molecule has 2 amide bonds. The largest absolute Gasteiger partial charge is 0.462 e. The lowest BCUT2D eigenvalue weighted by atomic mass is 10.1. The lowest BCUT2D eigenvalue weighted by Gasteiger charge is -2.26. The number of anilines is 1. The van der Waals surface area contributed by atoms with Gasteiger partial charge < -0.3 is 41.3 Å². The Balaban J connectivity index is 1.98. The molecule has 10 heteroatoms. The molecule has 0 aliphatic rings. The second kappa shape index (κ2) is 9.65. The summed E-state index contributed by atoms with van der Waals surface area (Å²) in [5.74, 6) is 0.237. The lowest BCUT2D eigenvalue weighted by Crippen LogP contribution is -2.46. The van der Waals surface area contributed by atoms with Crippen LogP contribution >= 0.6 is 11.3 Å². The van der Waals surface area contributed by atoms with Crippen molar-refractivity contribution >= 4 is 23.1 Å². The van der Waals surface area contributed by atoms with E-state index in [4.69, 9.17) is 15.6 Å². The van der Waals surface area contributed by atoms with Crippen LogP contribution in [0.1, 0.15) is 6.42 Å². The number of hydrogen-bond donors (Lipinski definition) is 7. The summed E-state index contributed by atoms with van der Waals surface area (Å²) in [5, 5.41) is 52.0. The Morgan fingerprint density at radius 1 is 1.15 bits per heavy atom. The number of hydrogen-bond acceptors (Lipinski definition) is 8. The number of benzene rings is 1. The van der Waals surface area contributed by atoms with Gasteiger partial charge in [0.1, 0.15) is 18.0 Å². The Bertz CT molecular complexity index is 737. The minimum atomic E-state index is -1.77. The summed E-state index contributed by atoms with van der Waals surface area (Å²) in [4.78, 5) is 11.7. The summed E-state index contributed by atoms with van der Waals surface area (Å²) in [5.41, 5.74) is 6.48. The number of amides is 2. The normalized spacial score (nSPS) is 15.6. The fourth-order valence-corrected chi connectivity index (χ4v) is 3.15. The van der Waals surface area contributed by atoms with Gasteiger partial charge in [0.25, 0.3) is 0 Å². The first-order valence-electron chi connectivity index (χ1n) is 8.07. The second-order valence-corrected chi connectivity index (χ2v) is 6.69. The molecule has 0 spiro atoms. The SMILES string of the molecule is NC(=O)Nc1csc(-c2ccc(OC(O)C(O)C(O)C(O)CCO)cc2)c1. The summed E-state index contributed by atoms with van der Waals surface area (Å²) in [6.07, 6.45) is -6.74. The Morgan fingerprint density at radius 2 is 1.81 bits per heavy atom. The van der Waals surface area contributed by atoms with Gasteiger partial charge in [-0.15, -0.1) is 11.3 Å². The van der Waals surface area contributed by atoms with Crippen LogP contribution in [0.5, 0.6) is 5.75 Å². The fraction of sp³-hybridized carbons (Fsp3) is 0.353. The number of urea groups is 1. The molecule has 4 atom stereocenters. The average Bonchev–Trinajstić information content (AvgIpc) is 3.08. The molecule has 1 heterocycles. The highest BCUT2D eigenvalue weighted by atomic mass is 32.1. The summed E-state index contributed by atoms with van der Waals surface area (Å²) in [6.45, 7) is -0.372. The highest BCUT2D eigenvalue weighted by Crippen LogP contribution is 2.31. The molecule has 1 aromatic carbocycles. The van der Waals surface area contributed by atoms with Gasteiger partial charge in [0.15, 0.2) is 0 Å². The quantitative estimate of drug-likeness (QED) is 0.294. The van der Waals surface area contributed by atoms with Gasteiger partial charge >= 0.3 is 6.03 Å². The van der Waals surface area contributed by atoms with Gasteiger partial charge in [-0.05, 0) is 42.3 Å². The maximum absolute atomic E-state index is 10.9. The van der Waals surface area contributed by atoms with E-state index in [0.717, 1.165) is 10.4 Å². The second-order valence-electron chi connectivity index (χ2n) is 5.78. The zero-order valence-corrected chi connectivity index (χ0v) is 15.0. The Kier molecular flexibility index (Phi) is 7.54. The molecule has 0 radical (unpaired) electrons. The molecule has 0 fully saturated rings. The number of ether oxygens (including phenoxy) is 1. The first-order valence-corrected chi connectivity index (χ1v) is 8.95. The van der Waals surface area contributed by atoms with E-state index < -0.39 is 30.6 Å². The monoisotopic (exact) mass is 398 g/mol. The number of primary amides is 1. The minimum Gasteiger partial charge on any atom is -0.462 e. The molecule has 9 nitrogen and oxygen atoms in total. The van der Waals surface area contributed by atoms with Crippen LogP contribution in [0.25, 0.3) is 10.4 Å². The van der Waals surface area contributed by atoms with Crippen LogP contribution in [-0.4, -0.2) is 62.8 Å². The van der Waals surface area contributed by atoms with Gasteiger partial charge in [0.2, 0.25) is 6.29 Å². The molecule has 148 valence electrons. The topological polar surface area (TPSA) is 166 Å². The number of aliphatic hydroxyl groups is 5. The summed E-state index contributed by atoms with van der Waals surface area (Å²) in [7, 11) is 0. The Hall–Kier alpha value is -2.21.